The van der Waals surface area contributed by atoms with Gasteiger partial charge < -0.3 is 9.88 Å². The Morgan fingerprint density at radius 1 is 1.03 bits per heavy atom. The number of nitriles is 1. The molecule has 0 unspecified atom stereocenters. The van der Waals surface area contributed by atoms with Crippen LogP contribution in [0.1, 0.15) is 16.7 Å². The highest BCUT2D eigenvalue weighted by Gasteiger charge is 2.22. The molecular formula is C27H18N6O3. The van der Waals surface area contributed by atoms with E-state index < -0.39 is 10.8 Å². The highest BCUT2D eigenvalue weighted by Crippen LogP contribution is 2.30. The number of fused-ring (bicyclic) bond motifs is 2. The molecular weight excluding hydrogens is 456 g/mol. The predicted octanol–water partition coefficient (Wildman–Crippen LogP) is 5.06. The minimum absolute atomic E-state index is 0.0727. The van der Waals surface area contributed by atoms with Gasteiger partial charge in [-0.1, -0.05) is 54.6 Å². The number of anilines is 1. The zero-order chi connectivity index (χ0) is 25.1. The van der Waals surface area contributed by atoms with Crippen LogP contribution in [0.5, 0.6) is 0 Å². The van der Waals surface area contributed by atoms with Gasteiger partial charge in [0.1, 0.15) is 23.0 Å². The zero-order valence-corrected chi connectivity index (χ0v) is 18.8. The average Bonchev–Trinajstić information content (AvgIpc) is 3.17. The van der Waals surface area contributed by atoms with Crippen LogP contribution in [-0.2, 0) is 11.3 Å². The molecule has 36 heavy (non-hydrogen) atoms. The number of carbonyl (C=O) groups excluding carboxylic acids is 1. The predicted molar refractivity (Wildman–Crippen MR) is 136 cm³/mol. The van der Waals surface area contributed by atoms with Gasteiger partial charge in [-0.25, -0.2) is 9.97 Å². The summed E-state index contributed by atoms with van der Waals surface area (Å²) < 4.78 is 1.77. The molecule has 0 saturated heterocycles. The molecule has 2 heterocycles. The molecule has 0 radical (unpaired) electrons. The molecule has 1 amide bonds. The third-order valence-corrected chi connectivity index (χ3v) is 5.60. The molecule has 1 N–H and O–H groups in total. The Labute approximate surface area is 205 Å². The molecule has 0 atom stereocenters. The van der Waals surface area contributed by atoms with Gasteiger partial charge >= 0.3 is 0 Å². The van der Waals surface area contributed by atoms with Crippen LogP contribution in [0.4, 0.5) is 11.5 Å². The number of rotatable bonds is 6. The van der Waals surface area contributed by atoms with Crippen LogP contribution in [0.3, 0.4) is 0 Å². The molecule has 5 aromatic rings. The van der Waals surface area contributed by atoms with E-state index in [1.165, 1.54) is 24.3 Å². The molecule has 0 saturated carbocycles. The lowest BCUT2D eigenvalue weighted by molar-refractivity contribution is -0.384. The van der Waals surface area contributed by atoms with Gasteiger partial charge in [-0.15, -0.1) is 0 Å². The van der Waals surface area contributed by atoms with Gasteiger partial charge in [0.05, 0.1) is 22.5 Å². The van der Waals surface area contributed by atoms with E-state index in [0.717, 1.165) is 5.56 Å². The first-order valence-electron chi connectivity index (χ1n) is 11.0. The summed E-state index contributed by atoms with van der Waals surface area (Å²) in [4.78, 5) is 32.8. The number of hydrogen-bond donors (Lipinski definition) is 1. The number of hydrogen-bond acceptors (Lipinski definition) is 6. The van der Waals surface area contributed by atoms with Crippen molar-refractivity contribution in [3.63, 3.8) is 0 Å². The summed E-state index contributed by atoms with van der Waals surface area (Å²) in [5, 5.41) is 23.8. The lowest BCUT2D eigenvalue weighted by atomic mass is 10.2. The third kappa shape index (κ3) is 4.38. The number of nitrogens with zero attached hydrogens (tertiary/aromatic N) is 5. The van der Waals surface area contributed by atoms with Crippen LogP contribution in [0.2, 0.25) is 0 Å². The van der Waals surface area contributed by atoms with Crippen molar-refractivity contribution in [2.24, 2.45) is 0 Å². The van der Waals surface area contributed by atoms with Gasteiger partial charge in [0.15, 0.2) is 5.65 Å². The molecule has 0 spiro atoms. The van der Waals surface area contributed by atoms with E-state index in [-0.39, 0.29) is 17.1 Å². The fourth-order valence-electron chi connectivity index (χ4n) is 3.93. The first-order chi connectivity index (χ1) is 17.5. The molecule has 2 aromatic heterocycles. The van der Waals surface area contributed by atoms with Crippen LogP contribution in [0.15, 0.2) is 84.9 Å². The molecule has 9 heteroatoms. The fraction of sp³-hybridized carbons (Fsp3) is 0.0370. The summed E-state index contributed by atoms with van der Waals surface area (Å²) in [7, 11) is 0. The molecule has 0 fully saturated rings. The quantitative estimate of drug-likeness (QED) is 0.208. The molecule has 5 rings (SSSR count). The Morgan fingerprint density at radius 3 is 2.47 bits per heavy atom. The Balaban J connectivity index is 1.58. The van der Waals surface area contributed by atoms with E-state index in [0.29, 0.717) is 34.3 Å². The molecule has 0 aliphatic heterocycles. The number of amides is 1. The van der Waals surface area contributed by atoms with Gasteiger partial charge in [-0.3, -0.25) is 14.9 Å². The maximum atomic E-state index is 12.9. The van der Waals surface area contributed by atoms with Crippen molar-refractivity contribution in [3.05, 3.63) is 112 Å². The molecule has 174 valence electrons. The summed E-state index contributed by atoms with van der Waals surface area (Å²) in [6.07, 6.45) is 2.74. The summed E-state index contributed by atoms with van der Waals surface area (Å²) in [6.45, 7) is 0.357. The first kappa shape index (κ1) is 22.4. The minimum Gasteiger partial charge on any atom is -0.307 e. The highest BCUT2D eigenvalue weighted by atomic mass is 16.6. The summed E-state index contributed by atoms with van der Waals surface area (Å²) in [5.41, 5.74) is 3.77. The van der Waals surface area contributed by atoms with Crippen molar-refractivity contribution in [2.45, 2.75) is 6.54 Å². The molecule has 0 bridgehead atoms. The van der Waals surface area contributed by atoms with Crippen molar-refractivity contribution >= 4 is 45.7 Å². The van der Waals surface area contributed by atoms with E-state index in [4.69, 9.17) is 4.98 Å². The second-order valence-electron chi connectivity index (χ2n) is 7.97. The van der Waals surface area contributed by atoms with Crippen LogP contribution in [0, 0.1) is 21.4 Å². The van der Waals surface area contributed by atoms with Gasteiger partial charge in [-0.2, -0.15) is 5.26 Å². The van der Waals surface area contributed by atoms with Crippen LogP contribution >= 0.6 is 0 Å². The number of carbonyl (C=O) groups is 1. The second kappa shape index (κ2) is 9.48. The third-order valence-electron chi connectivity index (χ3n) is 5.60. The zero-order valence-electron chi connectivity index (χ0n) is 18.8. The van der Waals surface area contributed by atoms with Gasteiger partial charge in [-0.05, 0) is 29.3 Å². The second-order valence-corrected chi connectivity index (χ2v) is 7.97. The number of para-hydroxylation sites is 2. The minimum atomic E-state index is -0.500. The van der Waals surface area contributed by atoms with Crippen molar-refractivity contribution in [3.8, 4) is 6.07 Å². The van der Waals surface area contributed by atoms with Crippen LogP contribution in [-0.4, -0.2) is 25.4 Å². The first-order valence-corrected chi connectivity index (χ1v) is 11.0. The SMILES string of the molecule is N#Cc1c(NC(=O)/C=C\c2cccc([N+](=O)[O-])c2)n(Cc2ccccc2)c2nc3ccccc3nc12. The lowest BCUT2D eigenvalue weighted by Crippen LogP contribution is -2.14. The molecule has 0 aliphatic carbocycles. The average molecular weight is 474 g/mol. The smallest absolute Gasteiger partial charge is 0.270 e. The number of nitro benzene ring substituents is 1. The highest BCUT2D eigenvalue weighted by molar-refractivity contribution is 6.05. The Bertz CT molecular complexity index is 1700. The molecule has 3 aromatic carbocycles. The van der Waals surface area contributed by atoms with Crippen LogP contribution in [0.25, 0.3) is 28.3 Å². The topological polar surface area (TPSA) is 127 Å². The summed E-state index contributed by atoms with van der Waals surface area (Å²) in [5.74, 6) is -0.222. The van der Waals surface area contributed by atoms with Crippen molar-refractivity contribution in [1.82, 2.24) is 14.5 Å². The van der Waals surface area contributed by atoms with Gasteiger partial charge in [0, 0.05) is 18.2 Å². The largest absolute Gasteiger partial charge is 0.307 e. The van der Waals surface area contributed by atoms with Crippen LogP contribution < -0.4 is 5.32 Å². The van der Waals surface area contributed by atoms with Crippen molar-refractivity contribution in [2.75, 3.05) is 5.32 Å². The van der Waals surface area contributed by atoms with E-state index in [2.05, 4.69) is 16.4 Å². The Kier molecular flexibility index (Phi) is 5.91. The van der Waals surface area contributed by atoms with E-state index in [1.54, 1.807) is 16.7 Å². The summed E-state index contributed by atoms with van der Waals surface area (Å²) >= 11 is 0. The van der Waals surface area contributed by atoms with E-state index in [1.807, 2.05) is 54.6 Å². The fourth-order valence-corrected chi connectivity index (χ4v) is 3.93. The standard InChI is InChI=1S/C27H18N6O3/c28-16-21-25-27(30-23-12-5-4-11-22(23)29-25)32(17-19-7-2-1-3-8-19)26(21)31-24(34)14-13-18-9-6-10-20(15-18)33(35)36/h1-15H,17H2,(H,31,34)/b14-13-. The maximum absolute atomic E-state index is 12.9. The lowest BCUT2D eigenvalue weighted by Gasteiger charge is -2.11. The maximum Gasteiger partial charge on any atom is 0.270 e. The van der Waals surface area contributed by atoms with Crippen molar-refractivity contribution in [1.29, 1.82) is 5.26 Å². The van der Waals surface area contributed by atoms with Crippen molar-refractivity contribution < 1.29 is 9.72 Å². The number of non-ortho nitro benzene ring substituents is 1. The number of nitro groups is 1. The van der Waals surface area contributed by atoms with Gasteiger partial charge in [0.2, 0.25) is 5.91 Å². The monoisotopic (exact) mass is 474 g/mol. The normalized spacial score (nSPS) is 11.1. The Hall–Kier alpha value is -5.36. The molecule has 9 nitrogen and oxygen atoms in total. The number of nitrogens with one attached hydrogen (secondary N) is 1. The van der Waals surface area contributed by atoms with E-state index >= 15 is 0 Å². The number of benzene rings is 3. The number of aromatic nitrogens is 3. The van der Waals surface area contributed by atoms with Gasteiger partial charge in [0.25, 0.3) is 5.69 Å². The Morgan fingerprint density at radius 2 is 1.75 bits per heavy atom. The molecule has 0 aliphatic rings. The summed E-state index contributed by atoms with van der Waals surface area (Å²) in [6, 6.07) is 25.1. The van der Waals surface area contributed by atoms with E-state index in [9.17, 15) is 20.2 Å².